The van der Waals surface area contributed by atoms with E-state index in [2.05, 4.69) is 313 Å². The third-order valence-corrected chi connectivity index (χ3v) is 19.9. The van der Waals surface area contributed by atoms with Gasteiger partial charge in [-0.25, -0.2) is 9.97 Å². The monoisotopic (exact) mass is 1210 g/mol. The number of imidazole rings is 2. The number of hydrogen-bond acceptors (Lipinski definition) is 6. The predicted octanol–water partition coefficient (Wildman–Crippen LogP) is 20.8. The van der Waals surface area contributed by atoms with E-state index in [0.29, 0.717) is 0 Å². The van der Waals surface area contributed by atoms with Crippen molar-refractivity contribution in [1.82, 2.24) is 18.8 Å². The second-order valence-electron chi connectivity index (χ2n) is 22.9. The molecule has 1 aliphatic rings. The van der Waals surface area contributed by atoms with Crippen molar-refractivity contribution in [2.75, 3.05) is 0 Å². The Morgan fingerprint density at radius 1 is 0.337 bits per heavy atom. The molecule has 6 aromatic heterocycles. The Balaban J connectivity index is 0.000000116. The van der Waals surface area contributed by atoms with Gasteiger partial charge in [0.05, 0.1) is 44.3 Å². The van der Waals surface area contributed by atoms with Crippen molar-refractivity contribution in [2.45, 2.75) is 38.9 Å². The Kier molecular flexibility index (Phi) is 13.6. The van der Waals surface area contributed by atoms with Crippen molar-refractivity contribution in [2.24, 2.45) is 0 Å². The van der Waals surface area contributed by atoms with E-state index >= 15 is 0 Å². The molecule has 0 atom stereocenters. The summed E-state index contributed by atoms with van der Waals surface area (Å²) >= 11 is 7.13. The Morgan fingerprint density at radius 3 is 1.17 bits per heavy atom. The minimum absolute atomic E-state index is 0.363. The SMILES string of the molecule is Brc1ccc(-c2ccc(-c3ccccc3)s2)cc1.CC1(C)OB(c2ccc3c(c2)nc2c4ccccc4c4ccccc4n32)OC1(C)C.c1ccc(-c2ccc(-c3ccc(-c4ccc5c(c4)nc4c6ccccc6c6ccccc6n54)cc3)s2)cc1. The van der Waals surface area contributed by atoms with E-state index in [0.717, 1.165) is 54.2 Å². The molecule has 0 saturated carbocycles. The number of fused-ring (bicyclic) bond motifs is 16. The summed E-state index contributed by atoms with van der Waals surface area (Å²) in [4.78, 5) is 15.4. The van der Waals surface area contributed by atoms with Gasteiger partial charge in [0.1, 0.15) is 11.3 Å². The predicted molar refractivity (Wildman–Crippen MR) is 368 cm³/mol. The van der Waals surface area contributed by atoms with Crippen LogP contribution in [0.2, 0.25) is 0 Å². The summed E-state index contributed by atoms with van der Waals surface area (Å²) in [6.07, 6.45) is 0. The lowest BCUT2D eigenvalue weighted by Crippen LogP contribution is -2.41. The Hall–Kier alpha value is -9.00. The second kappa shape index (κ2) is 21.8. The molecule has 1 fully saturated rings. The topological polar surface area (TPSA) is 53.1 Å². The normalized spacial score (nSPS) is 13.7. The average molecular weight is 1210 g/mol. The highest BCUT2D eigenvalue weighted by atomic mass is 79.9. The molecule has 10 aromatic carbocycles. The van der Waals surface area contributed by atoms with Gasteiger partial charge in [0.15, 0.2) is 0 Å². The molecule has 0 aliphatic carbocycles. The van der Waals surface area contributed by atoms with E-state index in [4.69, 9.17) is 19.3 Å². The van der Waals surface area contributed by atoms with Crippen LogP contribution in [-0.2, 0) is 9.31 Å². The second-order valence-corrected chi connectivity index (χ2v) is 25.9. The molecule has 6 nitrogen and oxygen atoms in total. The van der Waals surface area contributed by atoms with Crippen LogP contribution in [0.4, 0.5) is 0 Å². The van der Waals surface area contributed by atoms with Gasteiger partial charge in [0, 0.05) is 45.5 Å². The molecule has 0 bridgehead atoms. The van der Waals surface area contributed by atoms with Crippen molar-refractivity contribution >= 4 is 128 Å². The van der Waals surface area contributed by atoms with Crippen molar-refractivity contribution < 1.29 is 9.31 Å². The summed E-state index contributed by atoms with van der Waals surface area (Å²) in [5.41, 5.74) is 16.2. The molecule has 16 aromatic rings. The molecule has 1 aliphatic heterocycles. The summed E-state index contributed by atoms with van der Waals surface area (Å²) in [5, 5.41) is 7.28. The highest BCUT2D eigenvalue weighted by Gasteiger charge is 2.51. The van der Waals surface area contributed by atoms with Crippen LogP contribution in [0.1, 0.15) is 27.7 Å². The number of rotatable bonds is 6. The number of halogens is 1. The fourth-order valence-electron chi connectivity index (χ4n) is 11.9. The van der Waals surface area contributed by atoms with Crippen LogP contribution in [0, 0.1) is 0 Å². The lowest BCUT2D eigenvalue weighted by atomic mass is 9.79. The number of para-hydroxylation sites is 2. The molecule has 0 N–H and O–H groups in total. The van der Waals surface area contributed by atoms with E-state index in [1.54, 1.807) is 0 Å². The van der Waals surface area contributed by atoms with Gasteiger partial charge in [-0.3, -0.25) is 8.80 Å². The van der Waals surface area contributed by atoms with Gasteiger partial charge < -0.3 is 9.31 Å². The first-order valence-corrected chi connectivity index (χ1v) is 31.4. The van der Waals surface area contributed by atoms with Crippen molar-refractivity contribution in [3.63, 3.8) is 0 Å². The minimum Gasteiger partial charge on any atom is -0.399 e. The van der Waals surface area contributed by atoms with E-state index in [1.807, 2.05) is 28.7 Å². The zero-order chi connectivity index (χ0) is 58.1. The van der Waals surface area contributed by atoms with Crippen LogP contribution >= 0.6 is 38.6 Å². The van der Waals surface area contributed by atoms with E-state index in [9.17, 15) is 0 Å². The van der Waals surface area contributed by atoms with Gasteiger partial charge in [-0.1, -0.05) is 210 Å². The summed E-state index contributed by atoms with van der Waals surface area (Å²) in [6.45, 7) is 8.31. The largest absolute Gasteiger partial charge is 0.494 e. The summed E-state index contributed by atoms with van der Waals surface area (Å²) in [7, 11) is -0.391. The molecular weight excluding hydrogens is 1160 g/mol. The van der Waals surface area contributed by atoms with Gasteiger partial charge in [-0.2, -0.15) is 0 Å². The maximum absolute atomic E-state index is 6.26. The number of thiophene rings is 2. The molecule has 0 spiro atoms. The van der Waals surface area contributed by atoms with Crippen molar-refractivity contribution in [3.8, 4) is 52.9 Å². The summed E-state index contributed by atoms with van der Waals surface area (Å²) in [6, 6.07) is 94.4. The van der Waals surface area contributed by atoms with E-state index in [1.165, 1.54) is 85.3 Å². The Labute approximate surface area is 515 Å². The summed E-state index contributed by atoms with van der Waals surface area (Å²) in [5.74, 6) is 0. The average Bonchev–Trinajstić information content (AvgIpc) is 1.58. The third kappa shape index (κ3) is 9.68. The van der Waals surface area contributed by atoms with Gasteiger partial charge >= 0.3 is 7.12 Å². The van der Waals surface area contributed by atoms with Gasteiger partial charge in [0.25, 0.3) is 0 Å². The van der Waals surface area contributed by atoms with Crippen LogP contribution in [0.3, 0.4) is 0 Å². The fourth-order valence-corrected chi connectivity index (χ4v) is 14.2. The maximum atomic E-state index is 6.26. The molecule has 0 amide bonds. The lowest BCUT2D eigenvalue weighted by molar-refractivity contribution is 0.00578. The van der Waals surface area contributed by atoms with Crippen LogP contribution in [-0.4, -0.2) is 37.1 Å². The van der Waals surface area contributed by atoms with E-state index < -0.39 is 7.12 Å². The van der Waals surface area contributed by atoms with Gasteiger partial charge in [-0.15, -0.1) is 22.7 Å². The molecule has 17 rings (SSSR count). The highest BCUT2D eigenvalue weighted by molar-refractivity contribution is 9.10. The Morgan fingerprint density at radius 2 is 0.698 bits per heavy atom. The standard InChI is InChI=1S/C35H22N2S.C25H23BN2O2.C16H11BrS/c1-2-8-24(9-3-1)33-20-21-34(38-33)25-16-14-23(15-17-25)26-18-19-32-30(22-26)36-35-29-12-5-4-10-27(29)28-11-6-7-13-31(28)37(32)35;1-24(2)25(3,4)30-26(29-24)16-13-14-22-20(15-16)27-23-19-11-6-5-9-17(19)18-10-7-8-12-21(18)28(22)23;17-14-8-6-13(7-9-14)16-11-10-15(18-16)12-4-2-1-3-5-12/h1-22H;5-15H,1-4H3;1-11H. The first kappa shape index (κ1) is 53.7. The van der Waals surface area contributed by atoms with Crippen molar-refractivity contribution in [1.29, 1.82) is 0 Å². The molecule has 0 unspecified atom stereocenters. The molecular formula is C76H56BBrN4O2S2. The lowest BCUT2D eigenvalue weighted by Gasteiger charge is -2.32. The fraction of sp³-hybridized carbons (Fsp3) is 0.0789. The minimum atomic E-state index is -0.391. The maximum Gasteiger partial charge on any atom is 0.494 e. The highest BCUT2D eigenvalue weighted by Crippen LogP contribution is 2.40. The van der Waals surface area contributed by atoms with Gasteiger partial charge in [0.2, 0.25) is 0 Å². The first-order valence-electron chi connectivity index (χ1n) is 29.0. The van der Waals surface area contributed by atoms with Gasteiger partial charge in [-0.05, 0) is 150 Å². The molecule has 1 saturated heterocycles. The number of hydrogen-bond donors (Lipinski definition) is 0. The van der Waals surface area contributed by atoms with Crippen molar-refractivity contribution in [3.05, 3.63) is 271 Å². The molecule has 7 heterocycles. The number of benzene rings is 10. The number of pyridine rings is 2. The van der Waals surface area contributed by atoms with Crippen LogP contribution in [0.5, 0.6) is 0 Å². The molecule has 414 valence electrons. The zero-order valence-corrected chi connectivity index (χ0v) is 51.0. The van der Waals surface area contributed by atoms with Crippen LogP contribution < -0.4 is 5.46 Å². The quantitative estimate of drug-likeness (QED) is 0.123. The molecule has 0 radical (unpaired) electrons. The van der Waals surface area contributed by atoms with Crippen LogP contribution in [0.25, 0.3) is 130 Å². The third-order valence-electron chi connectivity index (χ3n) is 17.0. The zero-order valence-electron chi connectivity index (χ0n) is 47.8. The van der Waals surface area contributed by atoms with Crippen LogP contribution in [0.15, 0.2) is 271 Å². The van der Waals surface area contributed by atoms with E-state index in [-0.39, 0.29) is 11.2 Å². The molecule has 86 heavy (non-hydrogen) atoms. The number of nitrogens with zero attached hydrogens (tertiary/aromatic N) is 4. The summed E-state index contributed by atoms with van der Waals surface area (Å²) < 4.78 is 18.2. The Bertz CT molecular complexity index is 5190. The molecule has 10 heteroatoms. The smallest absolute Gasteiger partial charge is 0.399 e. The number of aromatic nitrogens is 4. The first-order chi connectivity index (χ1) is 42.0.